The zero-order chi connectivity index (χ0) is 11.1. The largest absolute Gasteiger partial charge is 0.394 e. The smallest absolute Gasteiger partial charge is 0.0610 e. The summed E-state index contributed by atoms with van der Waals surface area (Å²) >= 11 is 2.02. The predicted molar refractivity (Wildman–Crippen MR) is 68.5 cm³/mol. The molecule has 2 nitrogen and oxygen atoms in total. The van der Waals surface area contributed by atoms with Gasteiger partial charge in [0.2, 0.25) is 0 Å². The molecule has 1 aliphatic carbocycles. The molecule has 1 unspecified atom stereocenters. The molecule has 1 atom stereocenters. The second kappa shape index (κ2) is 6.77. The molecule has 0 aromatic heterocycles. The molecule has 2 N–H and O–H groups in total. The fourth-order valence-electron chi connectivity index (χ4n) is 1.56. The van der Waals surface area contributed by atoms with Crippen molar-refractivity contribution in [3.63, 3.8) is 0 Å². The van der Waals surface area contributed by atoms with Crippen LogP contribution in [0.5, 0.6) is 0 Å². The van der Waals surface area contributed by atoms with E-state index >= 15 is 0 Å². The molecule has 0 heterocycles. The van der Waals surface area contributed by atoms with E-state index in [4.69, 9.17) is 0 Å². The molecule has 90 valence electrons. The van der Waals surface area contributed by atoms with Gasteiger partial charge in [-0.3, -0.25) is 0 Å². The third-order valence-corrected chi connectivity index (χ3v) is 3.99. The minimum absolute atomic E-state index is 0.0413. The summed E-state index contributed by atoms with van der Waals surface area (Å²) in [4.78, 5) is 0. The second-order valence-corrected chi connectivity index (χ2v) is 6.08. The molecule has 0 aliphatic heterocycles. The number of nitrogens with one attached hydrogen (secondary N) is 1. The first kappa shape index (κ1) is 13.3. The van der Waals surface area contributed by atoms with Crippen LogP contribution in [0.1, 0.15) is 46.0 Å². The third-order valence-electron chi connectivity index (χ3n) is 2.92. The van der Waals surface area contributed by atoms with E-state index in [-0.39, 0.29) is 12.1 Å². The molecule has 3 heteroatoms. The molecule has 1 rings (SSSR count). The van der Waals surface area contributed by atoms with Crippen LogP contribution in [0.2, 0.25) is 0 Å². The summed E-state index contributed by atoms with van der Waals surface area (Å²) < 4.78 is 0. The highest BCUT2D eigenvalue weighted by atomic mass is 32.2. The summed E-state index contributed by atoms with van der Waals surface area (Å²) in [6, 6.07) is 0.683. The summed E-state index contributed by atoms with van der Waals surface area (Å²) in [5.41, 5.74) is -0.0413. The van der Waals surface area contributed by atoms with E-state index in [2.05, 4.69) is 19.2 Å². The predicted octanol–water partition coefficient (Wildman–Crippen LogP) is 2.41. The molecule has 0 bridgehead atoms. The Balaban J connectivity index is 2.08. The quantitative estimate of drug-likeness (QED) is 0.598. The van der Waals surface area contributed by atoms with E-state index in [1.54, 1.807) is 0 Å². The number of rotatable bonds is 9. The molecule has 0 amide bonds. The number of hydrogen-bond acceptors (Lipinski definition) is 3. The Labute approximate surface area is 98.2 Å². The minimum Gasteiger partial charge on any atom is -0.394 e. The Bertz CT molecular complexity index is 173. The molecule has 1 fully saturated rings. The molecule has 1 aliphatic rings. The highest BCUT2D eigenvalue weighted by Gasteiger charge is 2.31. The van der Waals surface area contributed by atoms with Crippen LogP contribution in [0.15, 0.2) is 0 Å². The maximum atomic E-state index is 9.39. The Morgan fingerprint density at radius 1 is 1.40 bits per heavy atom. The monoisotopic (exact) mass is 231 g/mol. The van der Waals surface area contributed by atoms with Crippen molar-refractivity contribution in [2.24, 2.45) is 0 Å². The number of aliphatic hydroxyl groups is 1. The van der Waals surface area contributed by atoms with E-state index in [0.29, 0.717) is 6.04 Å². The van der Waals surface area contributed by atoms with Gasteiger partial charge in [-0.05, 0) is 44.1 Å². The van der Waals surface area contributed by atoms with E-state index < -0.39 is 0 Å². The van der Waals surface area contributed by atoms with Crippen molar-refractivity contribution in [2.75, 3.05) is 18.1 Å². The molecule has 1 saturated carbocycles. The average Bonchev–Trinajstić information content (AvgIpc) is 3.01. The van der Waals surface area contributed by atoms with Crippen molar-refractivity contribution in [1.82, 2.24) is 5.32 Å². The summed E-state index contributed by atoms with van der Waals surface area (Å²) in [5.74, 6) is 2.43. The van der Waals surface area contributed by atoms with Crippen molar-refractivity contribution < 1.29 is 5.11 Å². The topological polar surface area (TPSA) is 32.3 Å². The first-order valence-electron chi connectivity index (χ1n) is 6.16. The maximum Gasteiger partial charge on any atom is 0.0610 e. The SMILES string of the molecule is CCCCSCCC(C)(CO)NC1CC1. The van der Waals surface area contributed by atoms with Crippen molar-refractivity contribution in [2.45, 2.75) is 57.5 Å². The van der Waals surface area contributed by atoms with Crippen molar-refractivity contribution >= 4 is 11.8 Å². The minimum atomic E-state index is -0.0413. The van der Waals surface area contributed by atoms with Gasteiger partial charge in [0.1, 0.15) is 0 Å². The lowest BCUT2D eigenvalue weighted by Gasteiger charge is -2.28. The van der Waals surface area contributed by atoms with Gasteiger partial charge in [-0.25, -0.2) is 0 Å². The lowest BCUT2D eigenvalue weighted by Crippen LogP contribution is -2.47. The number of hydrogen-bond donors (Lipinski definition) is 2. The van der Waals surface area contributed by atoms with Gasteiger partial charge in [0, 0.05) is 11.6 Å². The van der Waals surface area contributed by atoms with Crippen LogP contribution in [0.4, 0.5) is 0 Å². The van der Waals surface area contributed by atoms with Gasteiger partial charge < -0.3 is 10.4 Å². The molecular weight excluding hydrogens is 206 g/mol. The van der Waals surface area contributed by atoms with Crippen molar-refractivity contribution in [1.29, 1.82) is 0 Å². The number of thioether (sulfide) groups is 1. The van der Waals surface area contributed by atoms with Crippen LogP contribution in [0, 0.1) is 0 Å². The fourth-order valence-corrected chi connectivity index (χ4v) is 2.86. The molecule has 0 radical (unpaired) electrons. The van der Waals surface area contributed by atoms with Gasteiger partial charge in [-0.15, -0.1) is 0 Å². The average molecular weight is 231 g/mol. The van der Waals surface area contributed by atoms with Crippen LogP contribution < -0.4 is 5.32 Å². The lowest BCUT2D eigenvalue weighted by atomic mass is 10.0. The highest BCUT2D eigenvalue weighted by molar-refractivity contribution is 7.99. The van der Waals surface area contributed by atoms with Gasteiger partial charge >= 0.3 is 0 Å². The van der Waals surface area contributed by atoms with Crippen molar-refractivity contribution in [3.8, 4) is 0 Å². The van der Waals surface area contributed by atoms with Gasteiger partial charge in [-0.1, -0.05) is 13.3 Å². The van der Waals surface area contributed by atoms with E-state index in [1.807, 2.05) is 11.8 Å². The third kappa shape index (κ3) is 5.79. The summed E-state index contributed by atoms with van der Waals surface area (Å²) in [5, 5.41) is 12.9. The normalized spacial score (nSPS) is 20.2. The molecule has 0 saturated heterocycles. The molecule has 15 heavy (non-hydrogen) atoms. The Morgan fingerprint density at radius 3 is 2.67 bits per heavy atom. The van der Waals surface area contributed by atoms with E-state index in [0.717, 1.165) is 12.2 Å². The zero-order valence-corrected chi connectivity index (χ0v) is 10.9. The Morgan fingerprint density at radius 2 is 2.13 bits per heavy atom. The summed E-state index contributed by atoms with van der Waals surface area (Å²) in [6.07, 6.45) is 6.26. The maximum absolute atomic E-state index is 9.39. The molecule has 0 aromatic carbocycles. The molecule has 0 aromatic rings. The van der Waals surface area contributed by atoms with Crippen molar-refractivity contribution in [3.05, 3.63) is 0 Å². The molecular formula is C12H25NOS. The lowest BCUT2D eigenvalue weighted by molar-refractivity contribution is 0.169. The van der Waals surface area contributed by atoms with Crippen LogP contribution in [-0.4, -0.2) is 34.8 Å². The second-order valence-electron chi connectivity index (χ2n) is 4.85. The first-order chi connectivity index (χ1) is 7.20. The van der Waals surface area contributed by atoms with Crippen LogP contribution in [0.25, 0.3) is 0 Å². The Kier molecular flexibility index (Phi) is 6.02. The van der Waals surface area contributed by atoms with Gasteiger partial charge in [-0.2, -0.15) is 11.8 Å². The highest BCUT2D eigenvalue weighted by Crippen LogP contribution is 2.24. The molecule has 0 spiro atoms. The standard InChI is InChI=1S/C12H25NOS/c1-3-4-8-15-9-7-12(2,10-14)13-11-5-6-11/h11,13-14H,3-10H2,1-2H3. The fraction of sp³-hybridized carbons (Fsp3) is 1.00. The Hall–Kier alpha value is 0.270. The number of unbranched alkanes of at least 4 members (excludes halogenated alkanes) is 1. The van der Waals surface area contributed by atoms with E-state index in [1.165, 1.54) is 31.4 Å². The van der Waals surface area contributed by atoms with Gasteiger partial charge in [0.25, 0.3) is 0 Å². The number of aliphatic hydroxyl groups excluding tert-OH is 1. The van der Waals surface area contributed by atoms with Gasteiger partial charge in [0.15, 0.2) is 0 Å². The van der Waals surface area contributed by atoms with Crippen LogP contribution in [-0.2, 0) is 0 Å². The first-order valence-corrected chi connectivity index (χ1v) is 7.32. The zero-order valence-electron chi connectivity index (χ0n) is 10.1. The van der Waals surface area contributed by atoms with Gasteiger partial charge in [0.05, 0.1) is 6.61 Å². The summed E-state index contributed by atoms with van der Waals surface area (Å²) in [7, 11) is 0. The van der Waals surface area contributed by atoms with Crippen LogP contribution >= 0.6 is 11.8 Å². The summed E-state index contributed by atoms with van der Waals surface area (Å²) in [6.45, 7) is 4.64. The van der Waals surface area contributed by atoms with E-state index in [9.17, 15) is 5.11 Å². The van der Waals surface area contributed by atoms with Crippen LogP contribution in [0.3, 0.4) is 0 Å².